The standard InChI is InChI=1S/C14H19ClN2O2/c1-10-12(15)4-3-5-13(10)16-14(18)11(2)17-6-8-19-9-7-17/h3-5,11H,6-9H2,1-2H3,(H,16,18). The van der Waals surface area contributed by atoms with E-state index in [4.69, 9.17) is 16.3 Å². The van der Waals surface area contributed by atoms with Crippen molar-refractivity contribution in [3.8, 4) is 0 Å². The lowest BCUT2D eigenvalue weighted by atomic mass is 10.2. The number of nitrogens with zero attached hydrogens (tertiary/aromatic N) is 1. The maximum absolute atomic E-state index is 12.2. The summed E-state index contributed by atoms with van der Waals surface area (Å²) < 4.78 is 5.29. The Morgan fingerprint density at radius 1 is 1.42 bits per heavy atom. The van der Waals surface area contributed by atoms with E-state index in [9.17, 15) is 4.79 Å². The normalized spacial score (nSPS) is 18.1. The Balaban J connectivity index is 2.01. The summed E-state index contributed by atoms with van der Waals surface area (Å²) >= 11 is 6.05. The summed E-state index contributed by atoms with van der Waals surface area (Å²) in [6.07, 6.45) is 0. The second kappa shape index (κ2) is 6.37. The number of rotatable bonds is 3. The third kappa shape index (κ3) is 3.47. The molecular weight excluding hydrogens is 264 g/mol. The molecule has 1 saturated heterocycles. The van der Waals surface area contributed by atoms with E-state index in [-0.39, 0.29) is 11.9 Å². The van der Waals surface area contributed by atoms with Gasteiger partial charge in [-0.1, -0.05) is 17.7 Å². The summed E-state index contributed by atoms with van der Waals surface area (Å²) in [7, 11) is 0. The van der Waals surface area contributed by atoms with Gasteiger partial charge in [-0.2, -0.15) is 0 Å². The molecule has 0 radical (unpaired) electrons. The van der Waals surface area contributed by atoms with Gasteiger partial charge in [0.1, 0.15) is 0 Å². The molecule has 1 fully saturated rings. The van der Waals surface area contributed by atoms with Crippen LogP contribution in [0, 0.1) is 6.92 Å². The van der Waals surface area contributed by atoms with Crippen LogP contribution in [-0.2, 0) is 9.53 Å². The molecule has 0 aromatic heterocycles. The van der Waals surface area contributed by atoms with Crippen molar-refractivity contribution >= 4 is 23.2 Å². The van der Waals surface area contributed by atoms with Crippen LogP contribution in [0.3, 0.4) is 0 Å². The van der Waals surface area contributed by atoms with Crippen LogP contribution in [0.25, 0.3) is 0 Å². The molecule has 5 heteroatoms. The van der Waals surface area contributed by atoms with E-state index < -0.39 is 0 Å². The molecular formula is C14H19ClN2O2. The van der Waals surface area contributed by atoms with Crippen LogP contribution >= 0.6 is 11.6 Å². The molecule has 0 bridgehead atoms. The third-order valence-electron chi connectivity index (χ3n) is 3.50. The van der Waals surface area contributed by atoms with E-state index in [0.717, 1.165) is 24.3 Å². The maximum Gasteiger partial charge on any atom is 0.241 e. The zero-order chi connectivity index (χ0) is 13.8. The number of nitrogens with one attached hydrogen (secondary N) is 1. The van der Waals surface area contributed by atoms with Gasteiger partial charge in [-0.05, 0) is 31.5 Å². The molecule has 19 heavy (non-hydrogen) atoms. The van der Waals surface area contributed by atoms with Gasteiger partial charge >= 0.3 is 0 Å². The molecule has 0 saturated carbocycles. The SMILES string of the molecule is Cc1c(Cl)cccc1NC(=O)C(C)N1CCOCC1. The summed E-state index contributed by atoms with van der Waals surface area (Å²) in [5, 5.41) is 3.61. The highest BCUT2D eigenvalue weighted by molar-refractivity contribution is 6.31. The summed E-state index contributed by atoms with van der Waals surface area (Å²) in [6, 6.07) is 5.36. The van der Waals surface area contributed by atoms with Crippen molar-refractivity contribution in [3.05, 3.63) is 28.8 Å². The van der Waals surface area contributed by atoms with Gasteiger partial charge in [0.05, 0.1) is 19.3 Å². The fraction of sp³-hybridized carbons (Fsp3) is 0.500. The molecule has 1 aromatic rings. The molecule has 1 N–H and O–H groups in total. The minimum absolute atomic E-state index is 0.00716. The van der Waals surface area contributed by atoms with Gasteiger partial charge < -0.3 is 10.1 Å². The molecule has 1 aliphatic rings. The first kappa shape index (κ1) is 14.3. The van der Waals surface area contributed by atoms with E-state index >= 15 is 0 Å². The Morgan fingerprint density at radius 3 is 2.79 bits per heavy atom. The minimum Gasteiger partial charge on any atom is -0.379 e. The van der Waals surface area contributed by atoms with Gasteiger partial charge in [0, 0.05) is 23.8 Å². The minimum atomic E-state index is -0.165. The average Bonchev–Trinajstić information content (AvgIpc) is 2.44. The average molecular weight is 283 g/mol. The molecule has 1 atom stereocenters. The Labute approximate surface area is 118 Å². The first-order valence-electron chi connectivity index (χ1n) is 6.47. The Hall–Kier alpha value is -1.10. The van der Waals surface area contributed by atoms with Crippen molar-refractivity contribution in [1.29, 1.82) is 0 Å². The topological polar surface area (TPSA) is 41.6 Å². The van der Waals surface area contributed by atoms with Crippen molar-refractivity contribution in [1.82, 2.24) is 4.90 Å². The van der Waals surface area contributed by atoms with Crippen LogP contribution in [0.15, 0.2) is 18.2 Å². The lowest BCUT2D eigenvalue weighted by Crippen LogP contribution is -2.47. The Bertz CT molecular complexity index is 459. The lowest BCUT2D eigenvalue weighted by Gasteiger charge is -2.31. The summed E-state index contributed by atoms with van der Waals surface area (Å²) in [6.45, 7) is 6.78. The number of hydrogen-bond donors (Lipinski definition) is 1. The van der Waals surface area contributed by atoms with Crippen LogP contribution in [-0.4, -0.2) is 43.2 Å². The smallest absolute Gasteiger partial charge is 0.241 e. The van der Waals surface area contributed by atoms with Crippen molar-refractivity contribution in [3.63, 3.8) is 0 Å². The number of benzene rings is 1. The number of hydrogen-bond acceptors (Lipinski definition) is 3. The molecule has 1 heterocycles. The number of amides is 1. The van der Waals surface area contributed by atoms with E-state index in [0.29, 0.717) is 18.2 Å². The number of anilines is 1. The fourth-order valence-electron chi connectivity index (χ4n) is 2.11. The van der Waals surface area contributed by atoms with Gasteiger partial charge in [0.2, 0.25) is 5.91 Å². The summed E-state index contributed by atoms with van der Waals surface area (Å²) in [4.78, 5) is 14.4. The highest BCUT2D eigenvalue weighted by atomic mass is 35.5. The summed E-state index contributed by atoms with van der Waals surface area (Å²) in [5.41, 5.74) is 1.67. The zero-order valence-electron chi connectivity index (χ0n) is 11.3. The first-order chi connectivity index (χ1) is 9.09. The van der Waals surface area contributed by atoms with Crippen molar-refractivity contribution < 1.29 is 9.53 Å². The number of carbonyl (C=O) groups excluding carboxylic acids is 1. The predicted octanol–water partition coefficient (Wildman–Crippen LogP) is 2.31. The number of ether oxygens (including phenoxy) is 1. The van der Waals surface area contributed by atoms with Crippen molar-refractivity contribution in [2.75, 3.05) is 31.6 Å². The lowest BCUT2D eigenvalue weighted by molar-refractivity contribution is -0.122. The quantitative estimate of drug-likeness (QED) is 0.925. The molecule has 0 spiro atoms. The van der Waals surface area contributed by atoms with Crippen LogP contribution in [0.2, 0.25) is 5.02 Å². The predicted molar refractivity (Wildman–Crippen MR) is 76.7 cm³/mol. The Kier molecular flexibility index (Phi) is 4.80. The molecule has 1 unspecified atom stereocenters. The van der Waals surface area contributed by atoms with Crippen LogP contribution < -0.4 is 5.32 Å². The van der Waals surface area contributed by atoms with E-state index in [2.05, 4.69) is 10.2 Å². The third-order valence-corrected chi connectivity index (χ3v) is 3.91. The molecule has 104 valence electrons. The van der Waals surface area contributed by atoms with Gasteiger partial charge in [-0.3, -0.25) is 9.69 Å². The van der Waals surface area contributed by atoms with Gasteiger partial charge in [-0.25, -0.2) is 0 Å². The summed E-state index contributed by atoms with van der Waals surface area (Å²) in [5.74, 6) is -0.00716. The highest BCUT2D eigenvalue weighted by Gasteiger charge is 2.23. The molecule has 0 aliphatic carbocycles. The van der Waals surface area contributed by atoms with Gasteiger partial charge in [0.15, 0.2) is 0 Å². The number of carbonyl (C=O) groups is 1. The Morgan fingerprint density at radius 2 is 2.11 bits per heavy atom. The second-order valence-electron chi connectivity index (χ2n) is 4.73. The van der Waals surface area contributed by atoms with E-state index in [1.165, 1.54) is 0 Å². The van der Waals surface area contributed by atoms with E-state index in [1.54, 1.807) is 0 Å². The molecule has 4 nitrogen and oxygen atoms in total. The zero-order valence-corrected chi connectivity index (χ0v) is 12.0. The highest BCUT2D eigenvalue weighted by Crippen LogP contribution is 2.23. The van der Waals surface area contributed by atoms with Crippen molar-refractivity contribution in [2.45, 2.75) is 19.9 Å². The van der Waals surface area contributed by atoms with Crippen LogP contribution in [0.1, 0.15) is 12.5 Å². The van der Waals surface area contributed by atoms with E-state index in [1.807, 2.05) is 32.0 Å². The molecule has 1 amide bonds. The fourth-order valence-corrected chi connectivity index (χ4v) is 2.29. The van der Waals surface area contributed by atoms with Gasteiger partial charge in [-0.15, -0.1) is 0 Å². The largest absolute Gasteiger partial charge is 0.379 e. The molecule has 1 aromatic carbocycles. The molecule has 1 aliphatic heterocycles. The van der Waals surface area contributed by atoms with Gasteiger partial charge in [0.25, 0.3) is 0 Å². The number of morpholine rings is 1. The first-order valence-corrected chi connectivity index (χ1v) is 6.85. The van der Waals surface area contributed by atoms with Crippen LogP contribution in [0.5, 0.6) is 0 Å². The number of halogens is 1. The monoisotopic (exact) mass is 282 g/mol. The second-order valence-corrected chi connectivity index (χ2v) is 5.13. The van der Waals surface area contributed by atoms with Crippen molar-refractivity contribution in [2.24, 2.45) is 0 Å². The maximum atomic E-state index is 12.2. The molecule has 2 rings (SSSR count). The van der Waals surface area contributed by atoms with Crippen LogP contribution in [0.4, 0.5) is 5.69 Å².